The van der Waals surface area contributed by atoms with Crippen molar-refractivity contribution in [3.8, 4) is 0 Å². The second-order valence-electron chi connectivity index (χ2n) is 8.76. The van der Waals surface area contributed by atoms with Crippen molar-refractivity contribution in [1.82, 2.24) is 5.32 Å². The second kappa shape index (κ2) is 9.44. The minimum Gasteiger partial charge on any atom is -0.457 e. The number of benzene rings is 1. The lowest BCUT2D eigenvalue weighted by Crippen LogP contribution is -2.45. The van der Waals surface area contributed by atoms with Gasteiger partial charge >= 0.3 is 12.1 Å². The molecule has 1 N–H and O–H groups in total. The van der Waals surface area contributed by atoms with E-state index < -0.39 is 0 Å². The molecule has 154 valence electrons. The maximum Gasteiger partial charge on any atom is 0.407 e. The van der Waals surface area contributed by atoms with Gasteiger partial charge in [0.05, 0.1) is 11.6 Å². The lowest BCUT2D eigenvalue weighted by Gasteiger charge is -2.37. The van der Waals surface area contributed by atoms with Crippen molar-refractivity contribution in [1.29, 1.82) is 0 Å². The normalized spacial score (nSPS) is 30.1. The van der Waals surface area contributed by atoms with Crippen LogP contribution in [0.3, 0.4) is 0 Å². The highest BCUT2D eigenvalue weighted by molar-refractivity contribution is 5.89. The number of esters is 1. The summed E-state index contributed by atoms with van der Waals surface area (Å²) in [7, 11) is 0. The van der Waals surface area contributed by atoms with E-state index >= 15 is 0 Å². The number of hydrogen-bond acceptors (Lipinski definition) is 4. The molecule has 1 aromatic rings. The number of amides is 1. The molecule has 28 heavy (non-hydrogen) atoms. The Morgan fingerprint density at radius 1 is 1.00 bits per heavy atom. The lowest BCUT2D eigenvalue weighted by atomic mass is 9.75. The highest BCUT2D eigenvalue weighted by Crippen LogP contribution is 2.35. The third kappa shape index (κ3) is 5.27. The van der Waals surface area contributed by atoms with Crippen molar-refractivity contribution in [3.05, 3.63) is 35.9 Å². The van der Waals surface area contributed by atoms with Gasteiger partial charge in [0.25, 0.3) is 0 Å². The van der Waals surface area contributed by atoms with Crippen LogP contribution in [0, 0.1) is 17.8 Å². The van der Waals surface area contributed by atoms with E-state index in [0.717, 1.165) is 32.1 Å². The minimum atomic E-state index is -0.377. The van der Waals surface area contributed by atoms with Crippen LogP contribution in [0.4, 0.5) is 4.79 Å². The molecule has 5 heteroatoms. The fourth-order valence-electron chi connectivity index (χ4n) is 4.59. The Balaban J connectivity index is 1.54. The predicted molar refractivity (Wildman–Crippen MR) is 108 cm³/mol. The molecule has 5 atom stereocenters. The SMILES string of the molecule is CC(C)[C@@H]1CC[C@@H](C)C[C@H]1OC(=O)NC1CCCC1OC(=O)c1ccccc1. The van der Waals surface area contributed by atoms with Gasteiger partial charge in [0.15, 0.2) is 0 Å². The van der Waals surface area contributed by atoms with E-state index in [1.807, 2.05) is 18.2 Å². The lowest BCUT2D eigenvalue weighted by molar-refractivity contribution is -0.000477. The van der Waals surface area contributed by atoms with Crippen molar-refractivity contribution in [2.45, 2.75) is 77.5 Å². The molecule has 2 saturated carbocycles. The molecule has 5 nitrogen and oxygen atoms in total. The molecule has 3 rings (SSSR count). The van der Waals surface area contributed by atoms with E-state index in [2.05, 4.69) is 26.1 Å². The molecule has 1 amide bonds. The predicted octanol–water partition coefficient (Wildman–Crippen LogP) is 4.95. The number of hydrogen-bond donors (Lipinski definition) is 1. The monoisotopic (exact) mass is 387 g/mol. The van der Waals surface area contributed by atoms with Gasteiger partial charge in [0.1, 0.15) is 12.2 Å². The van der Waals surface area contributed by atoms with Crippen LogP contribution in [-0.2, 0) is 9.47 Å². The topological polar surface area (TPSA) is 64.6 Å². The van der Waals surface area contributed by atoms with Crippen molar-refractivity contribution < 1.29 is 19.1 Å². The largest absolute Gasteiger partial charge is 0.457 e. The van der Waals surface area contributed by atoms with E-state index in [1.54, 1.807) is 12.1 Å². The van der Waals surface area contributed by atoms with Crippen LogP contribution in [0.25, 0.3) is 0 Å². The Hall–Kier alpha value is -2.04. The second-order valence-corrected chi connectivity index (χ2v) is 8.76. The molecule has 0 aliphatic heterocycles. The molecular formula is C23H33NO4. The molecule has 0 spiro atoms. The molecule has 2 fully saturated rings. The first-order chi connectivity index (χ1) is 13.4. The van der Waals surface area contributed by atoms with Crippen LogP contribution in [-0.4, -0.2) is 30.3 Å². The molecular weight excluding hydrogens is 354 g/mol. The van der Waals surface area contributed by atoms with E-state index in [9.17, 15) is 9.59 Å². The highest BCUT2D eigenvalue weighted by atomic mass is 16.6. The van der Waals surface area contributed by atoms with Crippen molar-refractivity contribution in [3.63, 3.8) is 0 Å². The zero-order chi connectivity index (χ0) is 20.1. The number of nitrogens with one attached hydrogen (secondary N) is 1. The van der Waals surface area contributed by atoms with Gasteiger partial charge in [0.2, 0.25) is 0 Å². The molecule has 1 aromatic carbocycles. The molecule has 0 saturated heterocycles. The summed E-state index contributed by atoms with van der Waals surface area (Å²) in [5.74, 6) is 1.15. The van der Waals surface area contributed by atoms with Gasteiger partial charge in [-0.1, -0.05) is 45.4 Å². The summed E-state index contributed by atoms with van der Waals surface area (Å²) >= 11 is 0. The van der Waals surface area contributed by atoms with Crippen LogP contribution in [0.2, 0.25) is 0 Å². The van der Waals surface area contributed by atoms with Gasteiger partial charge in [-0.3, -0.25) is 0 Å². The van der Waals surface area contributed by atoms with Gasteiger partial charge in [0, 0.05) is 0 Å². The van der Waals surface area contributed by atoms with Gasteiger partial charge in [-0.25, -0.2) is 9.59 Å². The Morgan fingerprint density at radius 2 is 1.75 bits per heavy atom. The molecule has 2 unspecified atom stereocenters. The standard InChI is InChI=1S/C23H33NO4/c1-15(2)18-13-12-16(3)14-21(18)28-23(26)24-19-10-7-11-20(19)27-22(25)17-8-5-4-6-9-17/h4-6,8-9,15-16,18-21H,7,10-14H2,1-3H3,(H,24,26)/t16-,18+,19?,20?,21-/m1/s1. The summed E-state index contributed by atoms with van der Waals surface area (Å²) in [6.07, 6.45) is 5.01. The average molecular weight is 388 g/mol. The summed E-state index contributed by atoms with van der Waals surface area (Å²) in [5, 5.41) is 2.97. The fourth-order valence-corrected chi connectivity index (χ4v) is 4.59. The molecule has 2 aliphatic rings. The van der Waals surface area contributed by atoms with Crippen molar-refractivity contribution in [2.24, 2.45) is 17.8 Å². The van der Waals surface area contributed by atoms with E-state index in [4.69, 9.17) is 9.47 Å². The summed E-state index contributed by atoms with van der Waals surface area (Å²) in [6.45, 7) is 6.62. The first-order valence-corrected chi connectivity index (χ1v) is 10.7. The molecule has 0 radical (unpaired) electrons. The quantitative estimate of drug-likeness (QED) is 0.726. The highest BCUT2D eigenvalue weighted by Gasteiger charge is 2.36. The molecule has 0 bridgehead atoms. The smallest absolute Gasteiger partial charge is 0.407 e. The Labute approximate surface area is 168 Å². The first-order valence-electron chi connectivity index (χ1n) is 10.7. The van der Waals surface area contributed by atoms with Crippen LogP contribution in [0.1, 0.15) is 69.7 Å². The van der Waals surface area contributed by atoms with Crippen molar-refractivity contribution in [2.75, 3.05) is 0 Å². The van der Waals surface area contributed by atoms with Gasteiger partial charge in [-0.05, 0) is 62.0 Å². The number of rotatable bonds is 5. The van der Waals surface area contributed by atoms with Crippen LogP contribution in [0.5, 0.6) is 0 Å². The molecule has 0 heterocycles. The maximum absolute atomic E-state index is 12.6. The number of ether oxygens (including phenoxy) is 2. The average Bonchev–Trinajstić information content (AvgIpc) is 3.08. The Bertz CT molecular complexity index is 660. The molecule has 0 aromatic heterocycles. The van der Waals surface area contributed by atoms with E-state index in [-0.39, 0.29) is 30.3 Å². The summed E-state index contributed by atoms with van der Waals surface area (Å²) in [6, 6.07) is 8.79. The van der Waals surface area contributed by atoms with Gasteiger partial charge < -0.3 is 14.8 Å². The Kier molecular flexibility index (Phi) is 6.97. The summed E-state index contributed by atoms with van der Waals surface area (Å²) < 4.78 is 11.5. The Morgan fingerprint density at radius 3 is 2.46 bits per heavy atom. The molecule has 2 aliphatic carbocycles. The number of carbonyl (C=O) groups excluding carboxylic acids is 2. The summed E-state index contributed by atoms with van der Waals surface area (Å²) in [5.41, 5.74) is 0.534. The fraction of sp³-hybridized carbons (Fsp3) is 0.652. The van der Waals surface area contributed by atoms with Crippen LogP contribution in [0.15, 0.2) is 30.3 Å². The van der Waals surface area contributed by atoms with E-state index in [0.29, 0.717) is 23.3 Å². The third-order valence-corrected chi connectivity index (χ3v) is 6.24. The van der Waals surface area contributed by atoms with Crippen LogP contribution >= 0.6 is 0 Å². The van der Waals surface area contributed by atoms with Gasteiger partial charge in [-0.15, -0.1) is 0 Å². The van der Waals surface area contributed by atoms with Gasteiger partial charge in [-0.2, -0.15) is 0 Å². The van der Waals surface area contributed by atoms with Crippen molar-refractivity contribution >= 4 is 12.1 Å². The third-order valence-electron chi connectivity index (χ3n) is 6.24. The number of alkyl carbamates (subject to hydrolysis) is 1. The first kappa shape index (κ1) is 20.7. The maximum atomic E-state index is 12.6. The zero-order valence-corrected chi connectivity index (χ0v) is 17.2. The summed E-state index contributed by atoms with van der Waals surface area (Å²) in [4.78, 5) is 24.9. The number of carbonyl (C=O) groups is 2. The van der Waals surface area contributed by atoms with E-state index in [1.165, 1.54) is 6.42 Å². The van der Waals surface area contributed by atoms with Crippen LogP contribution < -0.4 is 5.32 Å². The minimum absolute atomic E-state index is 0.0320. The zero-order valence-electron chi connectivity index (χ0n) is 17.2.